The van der Waals surface area contributed by atoms with Crippen LogP contribution in [0, 0.1) is 5.92 Å². The summed E-state index contributed by atoms with van der Waals surface area (Å²) in [5.41, 5.74) is 2.66. The van der Waals surface area contributed by atoms with Crippen molar-refractivity contribution in [1.29, 1.82) is 0 Å². The summed E-state index contributed by atoms with van der Waals surface area (Å²) >= 11 is 0. The summed E-state index contributed by atoms with van der Waals surface area (Å²) in [6.45, 7) is 7.31. The van der Waals surface area contributed by atoms with Gasteiger partial charge in [0.15, 0.2) is 0 Å². The van der Waals surface area contributed by atoms with E-state index in [9.17, 15) is 0 Å². The lowest BCUT2D eigenvalue weighted by Crippen LogP contribution is -2.36. The number of methoxy groups -OCH3 is 1. The number of ether oxygens (including phenoxy) is 1. The van der Waals surface area contributed by atoms with Crippen molar-refractivity contribution in [2.45, 2.75) is 32.7 Å². The third-order valence-electron chi connectivity index (χ3n) is 3.99. The highest BCUT2D eigenvalue weighted by Crippen LogP contribution is 2.25. The van der Waals surface area contributed by atoms with Crippen LogP contribution >= 0.6 is 0 Å². The first-order valence-electron chi connectivity index (χ1n) is 7.72. The van der Waals surface area contributed by atoms with Crippen LogP contribution in [-0.2, 0) is 11.3 Å². The first-order valence-corrected chi connectivity index (χ1v) is 7.72. The Balaban J connectivity index is 1.95. The van der Waals surface area contributed by atoms with Gasteiger partial charge in [-0.2, -0.15) is 0 Å². The average Bonchev–Trinajstić information content (AvgIpc) is 2.49. The lowest BCUT2D eigenvalue weighted by atomic mass is 9.97. The van der Waals surface area contributed by atoms with Crippen molar-refractivity contribution in [2.75, 3.05) is 38.3 Å². The molecular weight excluding hydrogens is 250 g/mol. The van der Waals surface area contributed by atoms with E-state index in [2.05, 4.69) is 28.2 Å². The normalized spacial score (nSPS) is 16.6. The highest BCUT2D eigenvalue weighted by molar-refractivity contribution is 5.52. The fourth-order valence-corrected chi connectivity index (χ4v) is 2.83. The van der Waals surface area contributed by atoms with Crippen molar-refractivity contribution in [3.63, 3.8) is 0 Å². The van der Waals surface area contributed by atoms with E-state index in [0.29, 0.717) is 0 Å². The van der Waals surface area contributed by atoms with Gasteiger partial charge in [0.2, 0.25) is 0 Å². The lowest BCUT2D eigenvalue weighted by molar-refractivity contribution is 0.139. The number of rotatable bonds is 7. The molecule has 1 fully saturated rings. The monoisotopic (exact) mass is 277 g/mol. The minimum Gasteiger partial charge on any atom is -0.384 e. The summed E-state index contributed by atoms with van der Waals surface area (Å²) in [4.78, 5) is 6.78. The number of nitrogens with zero attached hydrogens (tertiary/aromatic N) is 2. The van der Waals surface area contributed by atoms with E-state index in [0.717, 1.165) is 38.7 Å². The fourth-order valence-electron chi connectivity index (χ4n) is 2.83. The molecule has 4 nitrogen and oxygen atoms in total. The Morgan fingerprint density at radius 3 is 2.90 bits per heavy atom. The van der Waals surface area contributed by atoms with Crippen LogP contribution in [0.2, 0.25) is 0 Å². The average molecular weight is 277 g/mol. The maximum Gasteiger partial charge on any atom is 0.0598 e. The molecule has 0 aromatic carbocycles. The van der Waals surface area contributed by atoms with Crippen LogP contribution in [0.25, 0.3) is 0 Å². The number of anilines is 1. The molecular formula is C16H27N3O. The van der Waals surface area contributed by atoms with Crippen molar-refractivity contribution in [1.82, 2.24) is 10.3 Å². The molecule has 2 heterocycles. The minimum absolute atomic E-state index is 0.717. The second kappa shape index (κ2) is 8.22. The second-order valence-electron chi connectivity index (χ2n) is 5.57. The van der Waals surface area contributed by atoms with E-state index in [-0.39, 0.29) is 0 Å². The first kappa shape index (κ1) is 15.3. The molecule has 0 atom stereocenters. The number of hydrogen-bond donors (Lipinski definition) is 1. The van der Waals surface area contributed by atoms with Crippen molar-refractivity contribution >= 4 is 5.69 Å². The van der Waals surface area contributed by atoms with Gasteiger partial charge in [-0.15, -0.1) is 0 Å². The smallest absolute Gasteiger partial charge is 0.0598 e. The number of aromatic nitrogens is 1. The van der Waals surface area contributed by atoms with E-state index in [1.165, 1.54) is 30.5 Å². The summed E-state index contributed by atoms with van der Waals surface area (Å²) in [7, 11) is 1.80. The third kappa shape index (κ3) is 4.18. The molecule has 1 aromatic heterocycles. The maximum absolute atomic E-state index is 5.27. The van der Waals surface area contributed by atoms with Gasteiger partial charge >= 0.3 is 0 Å². The topological polar surface area (TPSA) is 37.4 Å². The zero-order chi connectivity index (χ0) is 14.2. The molecule has 2 rings (SSSR count). The van der Waals surface area contributed by atoms with Gasteiger partial charge in [0.25, 0.3) is 0 Å². The quantitative estimate of drug-likeness (QED) is 0.777. The zero-order valence-corrected chi connectivity index (χ0v) is 12.8. The van der Waals surface area contributed by atoms with Gasteiger partial charge in [-0.1, -0.05) is 6.92 Å². The number of nitrogens with one attached hydrogen (secondary N) is 1. The van der Waals surface area contributed by atoms with Crippen molar-refractivity contribution in [2.24, 2.45) is 5.92 Å². The molecule has 0 radical (unpaired) electrons. The molecule has 1 aliphatic rings. The van der Waals surface area contributed by atoms with Crippen LogP contribution in [0.5, 0.6) is 0 Å². The highest BCUT2D eigenvalue weighted by atomic mass is 16.5. The zero-order valence-electron chi connectivity index (χ0n) is 12.8. The minimum atomic E-state index is 0.717. The van der Waals surface area contributed by atoms with E-state index in [1.807, 2.05) is 12.4 Å². The second-order valence-corrected chi connectivity index (χ2v) is 5.57. The summed E-state index contributed by atoms with van der Waals surface area (Å²) in [6, 6.07) is 2.14. The Morgan fingerprint density at radius 1 is 1.40 bits per heavy atom. The van der Waals surface area contributed by atoms with Crippen molar-refractivity contribution in [3.8, 4) is 0 Å². The molecule has 0 bridgehead atoms. The molecule has 1 N–H and O–H groups in total. The van der Waals surface area contributed by atoms with E-state index in [4.69, 9.17) is 4.74 Å². The predicted octanol–water partition coefficient (Wildman–Crippen LogP) is 2.44. The van der Waals surface area contributed by atoms with E-state index < -0.39 is 0 Å². The van der Waals surface area contributed by atoms with Gasteiger partial charge in [-0.05, 0) is 43.4 Å². The Morgan fingerprint density at radius 2 is 2.20 bits per heavy atom. The lowest BCUT2D eigenvalue weighted by Gasteiger charge is -2.34. The molecule has 0 spiro atoms. The maximum atomic E-state index is 5.27. The molecule has 0 aliphatic carbocycles. The van der Waals surface area contributed by atoms with Crippen LogP contribution in [-0.4, -0.2) is 38.3 Å². The molecule has 1 saturated heterocycles. The Labute approximate surface area is 122 Å². The van der Waals surface area contributed by atoms with Crippen LogP contribution < -0.4 is 10.2 Å². The predicted molar refractivity (Wildman–Crippen MR) is 83.0 cm³/mol. The summed E-state index contributed by atoms with van der Waals surface area (Å²) < 4.78 is 5.27. The fraction of sp³-hybridized carbons (Fsp3) is 0.688. The summed E-state index contributed by atoms with van der Waals surface area (Å²) in [5.74, 6) is 0.717. The molecule has 0 amide bonds. The van der Waals surface area contributed by atoms with Crippen molar-refractivity contribution in [3.05, 3.63) is 24.0 Å². The number of pyridine rings is 1. The van der Waals surface area contributed by atoms with Crippen LogP contribution in [0.3, 0.4) is 0 Å². The first-order chi connectivity index (χ1) is 9.85. The molecule has 4 heteroatoms. The van der Waals surface area contributed by atoms with Gasteiger partial charge in [-0.3, -0.25) is 4.98 Å². The number of piperidine rings is 1. The van der Waals surface area contributed by atoms with E-state index in [1.54, 1.807) is 7.11 Å². The van der Waals surface area contributed by atoms with Gasteiger partial charge < -0.3 is 15.0 Å². The summed E-state index contributed by atoms with van der Waals surface area (Å²) in [6.07, 6.45) is 7.50. The third-order valence-corrected chi connectivity index (χ3v) is 3.99. The van der Waals surface area contributed by atoms with Crippen molar-refractivity contribution < 1.29 is 4.74 Å². The Kier molecular flexibility index (Phi) is 6.27. The number of hydrogen-bond acceptors (Lipinski definition) is 4. The molecule has 112 valence electrons. The van der Waals surface area contributed by atoms with Gasteiger partial charge in [0, 0.05) is 39.5 Å². The van der Waals surface area contributed by atoms with Gasteiger partial charge in [-0.25, -0.2) is 0 Å². The standard InChI is InChI=1S/C16H27N3O/c1-3-7-17-11-15-4-8-18-12-16(15)19-9-5-14(6-10-19)13-20-2/h4,8,12,14,17H,3,5-7,9-11,13H2,1-2H3. The van der Waals surface area contributed by atoms with Crippen LogP contribution in [0.4, 0.5) is 5.69 Å². The van der Waals surface area contributed by atoms with Gasteiger partial charge in [0.05, 0.1) is 11.9 Å². The molecule has 20 heavy (non-hydrogen) atoms. The summed E-state index contributed by atoms with van der Waals surface area (Å²) in [5, 5.41) is 3.49. The van der Waals surface area contributed by atoms with E-state index >= 15 is 0 Å². The van der Waals surface area contributed by atoms with Crippen LogP contribution in [0.15, 0.2) is 18.5 Å². The van der Waals surface area contributed by atoms with Crippen LogP contribution in [0.1, 0.15) is 31.7 Å². The highest BCUT2D eigenvalue weighted by Gasteiger charge is 2.20. The Bertz CT molecular complexity index is 389. The molecule has 1 aromatic rings. The largest absolute Gasteiger partial charge is 0.384 e. The Hall–Kier alpha value is -1.13. The van der Waals surface area contributed by atoms with Gasteiger partial charge in [0.1, 0.15) is 0 Å². The SMILES string of the molecule is CCCNCc1ccncc1N1CCC(COC)CC1. The molecule has 1 aliphatic heterocycles. The molecule has 0 saturated carbocycles. The molecule has 0 unspecified atom stereocenters.